The van der Waals surface area contributed by atoms with Crippen molar-refractivity contribution in [2.75, 3.05) is 18.8 Å². The van der Waals surface area contributed by atoms with Gasteiger partial charge in [-0.1, -0.05) is 6.92 Å². The number of nitrogens with one attached hydrogen (secondary N) is 1. The highest BCUT2D eigenvalue weighted by atomic mass is 32.2. The van der Waals surface area contributed by atoms with Gasteiger partial charge in [0, 0.05) is 41.7 Å². The van der Waals surface area contributed by atoms with Crippen LogP contribution in [-0.2, 0) is 13.1 Å². The molecule has 1 unspecified atom stereocenters. The van der Waals surface area contributed by atoms with Crippen molar-refractivity contribution in [3.05, 3.63) is 23.7 Å². The van der Waals surface area contributed by atoms with E-state index in [1.54, 1.807) is 0 Å². The Morgan fingerprint density at radius 2 is 2.25 bits per heavy atom. The quantitative estimate of drug-likeness (QED) is 0.900. The number of thioether (sulfide) groups is 1. The molecule has 1 aliphatic rings. The average molecular weight is 296 g/mol. The van der Waals surface area contributed by atoms with Crippen LogP contribution in [0.1, 0.15) is 45.4 Å². The molecule has 2 heterocycles. The van der Waals surface area contributed by atoms with E-state index >= 15 is 0 Å². The minimum absolute atomic E-state index is 0.124. The van der Waals surface area contributed by atoms with E-state index in [1.807, 2.05) is 6.26 Å². The lowest BCUT2D eigenvalue weighted by atomic mass is 10.1. The summed E-state index contributed by atoms with van der Waals surface area (Å²) in [6.07, 6.45) is 3.09. The summed E-state index contributed by atoms with van der Waals surface area (Å²) in [6.45, 7) is 13.1. The number of hydrogen-bond donors (Lipinski definition) is 1. The highest BCUT2D eigenvalue weighted by Crippen LogP contribution is 2.23. The number of rotatable bonds is 5. The minimum Gasteiger partial charge on any atom is -0.468 e. The SMILES string of the molecule is CCC1CN(Cc2ccoc2CNC(C)(C)C)CCS1. The first-order valence-electron chi connectivity index (χ1n) is 7.62. The van der Waals surface area contributed by atoms with Crippen LogP contribution in [0.4, 0.5) is 0 Å². The first-order chi connectivity index (χ1) is 9.48. The average Bonchev–Trinajstić information content (AvgIpc) is 2.83. The zero-order chi connectivity index (χ0) is 14.6. The van der Waals surface area contributed by atoms with E-state index in [4.69, 9.17) is 4.42 Å². The van der Waals surface area contributed by atoms with Gasteiger partial charge in [0.1, 0.15) is 5.76 Å². The molecule has 1 aromatic rings. The normalized spacial score (nSPS) is 21.3. The van der Waals surface area contributed by atoms with Crippen LogP contribution in [0, 0.1) is 0 Å². The van der Waals surface area contributed by atoms with Crippen LogP contribution in [-0.4, -0.2) is 34.5 Å². The Kier molecular flexibility index (Phi) is 5.58. The molecule has 20 heavy (non-hydrogen) atoms. The van der Waals surface area contributed by atoms with E-state index in [2.05, 4.69) is 55.7 Å². The second-order valence-electron chi connectivity index (χ2n) is 6.61. The molecular weight excluding hydrogens is 268 g/mol. The van der Waals surface area contributed by atoms with Gasteiger partial charge in [0.2, 0.25) is 0 Å². The maximum Gasteiger partial charge on any atom is 0.122 e. The van der Waals surface area contributed by atoms with Crippen molar-refractivity contribution < 1.29 is 4.42 Å². The fourth-order valence-corrected chi connectivity index (χ4v) is 3.67. The van der Waals surface area contributed by atoms with Crippen molar-refractivity contribution in [2.24, 2.45) is 0 Å². The first-order valence-corrected chi connectivity index (χ1v) is 8.67. The van der Waals surface area contributed by atoms with Gasteiger partial charge in [-0.25, -0.2) is 0 Å². The molecule has 1 saturated heterocycles. The third kappa shape index (κ3) is 4.83. The molecule has 0 radical (unpaired) electrons. The van der Waals surface area contributed by atoms with Gasteiger partial charge < -0.3 is 9.73 Å². The summed E-state index contributed by atoms with van der Waals surface area (Å²) in [5.74, 6) is 2.34. The molecule has 4 heteroatoms. The van der Waals surface area contributed by atoms with Gasteiger partial charge in [0.15, 0.2) is 0 Å². The molecule has 0 amide bonds. The maximum absolute atomic E-state index is 5.66. The van der Waals surface area contributed by atoms with E-state index in [0.29, 0.717) is 0 Å². The lowest BCUT2D eigenvalue weighted by Crippen LogP contribution is -2.38. The molecule has 0 spiro atoms. The fourth-order valence-electron chi connectivity index (χ4n) is 2.42. The Labute approximate surface area is 127 Å². The molecule has 114 valence electrons. The molecule has 1 N–H and O–H groups in total. The Hall–Kier alpha value is -0.450. The predicted octanol–water partition coefficient (Wildman–Crippen LogP) is 3.50. The lowest BCUT2D eigenvalue weighted by molar-refractivity contribution is 0.269. The maximum atomic E-state index is 5.66. The van der Waals surface area contributed by atoms with Crippen molar-refractivity contribution in [3.8, 4) is 0 Å². The van der Waals surface area contributed by atoms with E-state index in [9.17, 15) is 0 Å². The Morgan fingerprint density at radius 3 is 2.95 bits per heavy atom. The highest BCUT2D eigenvalue weighted by Gasteiger charge is 2.20. The Balaban J connectivity index is 1.91. The van der Waals surface area contributed by atoms with Gasteiger partial charge in [0.25, 0.3) is 0 Å². The van der Waals surface area contributed by atoms with Gasteiger partial charge in [-0.05, 0) is 33.3 Å². The molecule has 1 aromatic heterocycles. The lowest BCUT2D eigenvalue weighted by Gasteiger charge is -2.31. The van der Waals surface area contributed by atoms with Gasteiger partial charge in [-0.2, -0.15) is 11.8 Å². The van der Waals surface area contributed by atoms with Crippen LogP contribution in [0.3, 0.4) is 0 Å². The third-order valence-corrected chi connectivity index (χ3v) is 5.06. The molecule has 1 fully saturated rings. The molecule has 1 atom stereocenters. The van der Waals surface area contributed by atoms with Gasteiger partial charge >= 0.3 is 0 Å². The van der Waals surface area contributed by atoms with Crippen molar-refractivity contribution in [1.82, 2.24) is 10.2 Å². The summed E-state index contributed by atoms with van der Waals surface area (Å²) in [4.78, 5) is 2.57. The monoisotopic (exact) mass is 296 g/mol. The molecular formula is C16H28N2OS. The third-order valence-electron chi connectivity index (χ3n) is 3.69. The largest absolute Gasteiger partial charge is 0.468 e. The molecule has 3 nitrogen and oxygen atoms in total. The fraction of sp³-hybridized carbons (Fsp3) is 0.750. The predicted molar refractivity (Wildman–Crippen MR) is 87.1 cm³/mol. The smallest absolute Gasteiger partial charge is 0.122 e. The first kappa shape index (κ1) is 15.9. The second-order valence-corrected chi connectivity index (χ2v) is 8.02. The van der Waals surface area contributed by atoms with Gasteiger partial charge in [0.05, 0.1) is 12.8 Å². The van der Waals surface area contributed by atoms with E-state index in [0.717, 1.165) is 24.1 Å². The van der Waals surface area contributed by atoms with Gasteiger partial charge in [-0.15, -0.1) is 0 Å². The topological polar surface area (TPSA) is 28.4 Å². The molecule has 0 bridgehead atoms. The van der Waals surface area contributed by atoms with Crippen molar-refractivity contribution in [1.29, 1.82) is 0 Å². The molecule has 1 aliphatic heterocycles. The number of furan rings is 1. The highest BCUT2D eigenvalue weighted by molar-refractivity contribution is 8.00. The van der Waals surface area contributed by atoms with Crippen molar-refractivity contribution in [2.45, 2.75) is 58.0 Å². The number of nitrogens with zero attached hydrogens (tertiary/aromatic N) is 1. The van der Waals surface area contributed by atoms with E-state index in [1.165, 1.54) is 30.8 Å². The summed E-state index contributed by atoms with van der Waals surface area (Å²) in [5.41, 5.74) is 1.46. The molecule has 0 aliphatic carbocycles. The molecule has 2 rings (SSSR count). The zero-order valence-electron chi connectivity index (χ0n) is 13.2. The second kappa shape index (κ2) is 7.01. The molecule has 0 saturated carbocycles. The van der Waals surface area contributed by atoms with Crippen molar-refractivity contribution >= 4 is 11.8 Å². The van der Waals surface area contributed by atoms with Crippen molar-refractivity contribution in [3.63, 3.8) is 0 Å². The number of hydrogen-bond acceptors (Lipinski definition) is 4. The van der Waals surface area contributed by atoms with Gasteiger partial charge in [-0.3, -0.25) is 4.90 Å². The van der Waals surface area contributed by atoms with Crippen LogP contribution in [0.15, 0.2) is 16.7 Å². The standard InChI is InChI=1S/C16H28N2OS/c1-5-14-12-18(7-9-20-14)11-13-6-8-19-15(13)10-17-16(2,3)4/h6,8,14,17H,5,7,9-12H2,1-4H3. The van der Waals surface area contributed by atoms with E-state index in [-0.39, 0.29) is 5.54 Å². The summed E-state index contributed by atoms with van der Waals surface area (Å²) in [5, 5.41) is 4.30. The summed E-state index contributed by atoms with van der Waals surface area (Å²) >= 11 is 2.12. The zero-order valence-corrected chi connectivity index (χ0v) is 14.1. The van der Waals surface area contributed by atoms with Crippen LogP contribution in [0.5, 0.6) is 0 Å². The van der Waals surface area contributed by atoms with Crippen LogP contribution >= 0.6 is 11.8 Å². The minimum atomic E-state index is 0.124. The summed E-state index contributed by atoms with van der Waals surface area (Å²) in [7, 11) is 0. The van der Waals surface area contributed by atoms with E-state index < -0.39 is 0 Å². The van der Waals surface area contributed by atoms with Crippen LogP contribution in [0.2, 0.25) is 0 Å². The Morgan fingerprint density at radius 1 is 1.45 bits per heavy atom. The van der Waals surface area contributed by atoms with Crippen LogP contribution < -0.4 is 5.32 Å². The molecule has 0 aromatic carbocycles. The summed E-state index contributed by atoms with van der Waals surface area (Å²) < 4.78 is 5.66. The Bertz CT molecular complexity index is 411. The summed E-state index contributed by atoms with van der Waals surface area (Å²) in [6, 6.07) is 2.13. The van der Waals surface area contributed by atoms with Crippen LogP contribution in [0.25, 0.3) is 0 Å².